The molecule has 51 heavy (non-hydrogen) atoms. The average Bonchev–Trinajstić information content (AvgIpc) is 3.11. The van der Waals surface area contributed by atoms with Crippen LogP contribution in [-0.2, 0) is 32.7 Å². The SMILES string of the molecule is CC/C=C\C/C=C\C/C=C\C/C=C\CCCCC(=O)OC(COC(=O)CCCCCCC/C=C\C/C=C\C/C=C\CC)COP(=O)(O)OCCN. The first-order valence-electron chi connectivity index (χ1n) is 19.1. The van der Waals surface area contributed by atoms with Gasteiger partial charge in [-0.2, -0.15) is 0 Å². The molecule has 0 saturated carbocycles. The Labute approximate surface area is 309 Å². The lowest BCUT2D eigenvalue weighted by molar-refractivity contribution is -0.161. The minimum Gasteiger partial charge on any atom is -0.462 e. The molecule has 0 aromatic heterocycles. The van der Waals surface area contributed by atoms with Crippen LogP contribution in [0.1, 0.15) is 129 Å². The molecule has 0 aliphatic carbocycles. The summed E-state index contributed by atoms with van der Waals surface area (Å²) in [6, 6.07) is 0. The van der Waals surface area contributed by atoms with E-state index in [1.165, 1.54) is 0 Å². The average molecular weight is 734 g/mol. The lowest BCUT2D eigenvalue weighted by Crippen LogP contribution is -2.29. The molecule has 0 aliphatic heterocycles. The number of hydrogen-bond acceptors (Lipinski definition) is 8. The maximum absolute atomic E-state index is 12.5. The molecule has 2 unspecified atom stereocenters. The molecule has 0 saturated heterocycles. The Morgan fingerprint density at radius 3 is 1.55 bits per heavy atom. The Kier molecular flexibility index (Phi) is 34.9. The zero-order chi connectivity index (χ0) is 37.5. The van der Waals surface area contributed by atoms with Crippen molar-refractivity contribution in [3.8, 4) is 0 Å². The van der Waals surface area contributed by atoms with Crippen LogP contribution in [0, 0.1) is 0 Å². The van der Waals surface area contributed by atoms with Crippen LogP contribution in [0.4, 0.5) is 0 Å². The van der Waals surface area contributed by atoms with Crippen molar-refractivity contribution >= 4 is 19.8 Å². The lowest BCUT2D eigenvalue weighted by Gasteiger charge is -2.19. The van der Waals surface area contributed by atoms with Gasteiger partial charge in [0, 0.05) is 19.4 Å². The molecule has 0 fully saturated rings. The van der Waals surface area contributed by atoms with Crippen molar-refractivity contribution in [1.82, 2.24) is 0 Å². The molecule has 290 valence electrons. The van der Waals surface area contributed by atoms with Gasteiger partial charge in [-0.3, -0.25) is 18.6 Å². The normalized spacial score (nSPS) is 14.4. The zero-order valence-electron chi connectivity index (χ0n) is 31.5. The fourth-order valence-corrected chi connectivity index (χ4v) is 5.28. The summed E-state index contributed by atoms with van der Waals surface area (Å²) in [5.41, 5.74) is 5.33. The van der Waals surface area contributed by atoms with Gasteiger partial charge in [0.25, 0.3) is 0 Å². The van der Waals surface area contributed by atoms with E-state index in [1.807, 2.05) is 0 Å². The van der Waals surface area contributed by atoms with Gasteiger partial charge in [0.15, 0.2) is 6.10 Å². The monoisotopic (exact) mass is 733 g/mol. The number of carbonyl (C=O) groups excluding carboxylic acids is 2. The number of carbonyl (C=O) groups is 2. The van der Waals surface area contributed by atoms with Crippen LogP contribution in [0.25, 0.3) is 0 Å². The fourth-order valence-electron chi connectivity index (χ4n) is 4.52. The van der Waals surface area contributed by atoms with E-state index in [4.69, 9.17) is 24.3 Å². The van der Waals surface area contributed by atoms with Crippen molar-refractivity contribution in [2.45, 2.75) is 136 Å². The second-order valence-electron chi connectivity index (χ2n) is 12.0. The number of unbranched alkanes of at least 4 members (excludes halogenated alkanes) is 7. The van der Waals surface area contributed by atoms with Crippen molar-refractivity contribution < 1.29 is 37.6 Å². The van der Waals surface area contributed by atoms with Gasteiger partial charge in [-0.15, -0.1) is 0 Å². The number of hydrogen-bond donors (Lipinski definition) is 2. The highest BCUT2D eigenvalue weighted by Crippen LogP contribution is 2.43. The van der Waals surface area contributed by atoms with Crippen LogP contribution in [0.2, 0.25) is 0 Å². The summed E-state index contributed by atoms with van der Waals surface area (Å²) in [6.07, 6.45) is 44.7. The number of nitrogens with two attached hydrogens (primary N) is 1. The molecule has 0 aromatic carbocycles. The third-order valence-electron chi connectivity index (χ3n) is 7.28. The summed E-state index contributed by atoms with van der Waals surface area (Å²) in [5.74, 6) is -0.909. The first kappa shape index (κ1) is 48.2. The number of ether oxygens (including phenoxy) is 2. The molecule has 0 rings (SSSR count). The smallest absolute Gasteiger partial charge is 0.462 e. The van der Waals surface area contributed by atoms with Crippen molar-refractivity contribution in [2.24, 2.45) is 5.73 Å². The number of rotatable bonds is 34. The predicted octanol–water partition coefficient (Wildman–Crippen LogP) is 10.5. The predicted molar refractivity (Wildman–Crippen MR) is 210 cm³/mol. The molecule has 0 radical (unpaired) electrons. The summed E-state index contributed by atoms with van der Waals surface area (Å²) in [6.45, 7) is 3.40. The van der Waals surface area contributed by atoms with Crippen LogP contribution in [0.5, 0.6) is 0 Å². The lowest BCUT2D eigenvalue weighted by atomic mass is 10.1. The summed E-state index contributed by atoms with van der Waals surface area (Å²) < 4.78 is 32.6. The van der Waals surface area contributed by atoms with Crippen LogP contribution >= 0.6 is 7.82 Å². The summed E-state index contributed by atoms with van der Waals surface area (Å²) in [7, 11) is -4.39. The van der Waals surface area contributed by atoms with E-state index < -0.39 is 32.5 Å². The number of esters is 2. The van der Waals surface area contributed by atoms with Crippen LogP contribution in [0.3, 0.4) is 0 Å². The minimum absolute atomic E-state index is 0.0390. The summed E-state index contributed by atoms with van der Waals surface area (Å²) in [5, 5.41) is 0. The molecular weight excluding hydrogens is 665 g/mol. The first-order valence-corrected chi connectivity index (χ1v) is 20.6. The molecule has 0 heterocycles. The highest BCUT2D eigenvalue weighted by atomic mass is 31.2. The van der Waals surface area contributed by atoms with Gasteiger partial charge >= 0.3 is 19.8 Å². The van der Waals surface area contributed by atoms with Gasteiger partial charge in [0.1, 0.15) is 6.61 Å². The third-order valence-corrected chi connectivity index (χ3v) is 8.26. The minimum atomic E-state index is -4.39. The van der Waals surface area contributed by atoms with Gasteiger partial charge in [0.05, 0.1) is 13.2 Å². The highest BCUT2D eigenvalue weighted by molar-refractivity contribution is 7.47. The van der Waals surface area contributed by atoms with Gasteiger partial charge in [-0.25, -0.2) is 4.57 Å². The van der Waals surface area contributed by atoms with E-state index in [1.54, 1.807) is 0 Å². The molecule has 0 aliphatic rings. The topological polar surface area (TPSA) is 134 Å². The Hall–Kier alpha value is -2.81. The van der Waals surface area contributed by atoms with Gasteiger partial charge in [-0.1, -0.05) is 118 Å². The molecule has 9 nitrogen and oxygen atoms in total. The van der Waals surface area contributed by atoms with E-state index in [0.29, 0.717) is 12.8 Å². The molecule has 0 aromatic rings. The van der Waals surface area contributed by atoms with E-state index >= 15 is 0 Å². The van der Waals surface area contributed by atoms with Crippen LogP contribution in [0.15, 0.2) is 85.1 Å². The Balaban J connectivity index is 4.35. The molecule has 10 heteroatoms. The quantitative estimate of drug-likeness (QED) is 0.0287. The van der Waals surface area contributed by atoms with Crippen molar-refractivity contribution in [3.63, 3.8) is 0 Å². The molecule has 0 bridgehead atoms. The molecule has 3 N–H and O–H groups in total. The fraction of sp³-hybridized carbons (Fsp3) is 0.610. The third kappa shape index (κ3) is 36.8. The molecule has 0 amide bonds. The Bertz CT molecular complexity index is 1110. The standard InChI is InChI=1S/C41H68NO8P/c1-3-5-7-9-11-13-15-17-19-21-23-25-27-29-31-33-40(43)47-37-39(38-49-51(45,46)48-36-35-42)50-41(44)34-32-30-28-26-24-22-20-18-16-14-12-10-8-6-4-2/h5-8,11-14,17-20,24,26,39H,3-4,9-10,15-16,21-23,25,27-38,42H2,1-2H3,(H,45,46)/b7-5-,8-6-,13-11-,14-12-,19-17-,20-18-,26-24-. The maximum atomic E-state index is 12.5. The number of phosphoric ester groups is 1. The summed E-state index contributed by atoms with van der Waals surface area (Å²) >= 11 is 0. The van der Waals surface area contributed by atoms with Crippen LogP contribution in [-0.4, -0.2) is 49.3 Å². The van der Waals surface area contributed by atoms with E-state index in [2.05, 4.69) is 98.9 Å². The van der Waals surface area contributed by atoms with E-state index in [9.17, 15) is 19.0 Å². The molecule has 2 atom stereocenters. The van der Waals surface area contributed by atoms with Gasteiger partial charge in [0.2, 0.25) is 0 Å². The Morgan fingerprint density at radius 2 is 1.02 bits per heavy atom. The largest absolute Gasteiger partial charge is 0.472 e. The second-order valence-corrected chi connectivity index (χ2v) is 13.5. The Morgan fingerprint density at radius 1 is 0.588 bits per heavy atom. The van der Waals surface area contributed by atoms with Gasteiger partial charge < -0.3 is 20.1 Å². The number of phosphoric acid groups is 1. The maximum Gasteiger partial charge on any atom is 0.472 e. The number of allylic oxidation sites excluding steroid dienone is 14. The molecule has 0 spiro atoms. The highest BCUT2D eigenvalue weighted by Gasteiger charge is 2.25. The van der Waals surface area contributed by atoms with Crippen molar-refractivity contribution in [2.75, 3.05) is 26.4 Å². The first-order chi connectivity index (χ1) is 24.8. The van der Waals surface area contributed by atoms with E-state index in [-0.39, 0.29) is 32.6 Å². The van der Waals surface area contributed by atoms with E-state index in [0.717, 1.165) is 89.9 Å². The second kappa shape index (κ2) is 37.0. The van der Waals surface area contributed by atoms with Crippen molar-refractivity contribution in [1.29, 1.82) is 0 Å². The summed E-state index contributed by atoms with van der Waals surface area (Å²) in [4.78, 5) is 34.7. The zero-order valence-corrected chi connectivity index (χ0v) is 32.4. The van der Waals surface area contributed by atoms with Gasteiger partial charge in [-0.05, 0) is 83.5 Å². The van der Waals surface area contributed by atoms with Crippen LogP contribution < -0.4 is 5.73 Å². The molecular formula is C41H68NO8P. The van der Waals surface area contributed by atoms with Crippen molar-refractivity contribution in [3.05, 3.63) is 85.1 Å².